The van der Waals surface area contributed by atoms with E-state index in [1.54, 1.807) is 0 Å². The molecule has 0 aliphatic carbocycles. The molecular weight excluding hydrogens is 302 g/mol. The van der Waals surface area contributed by atoms with Gasteiger partial charge in [-0.15, -0.1) is 0 Å². The molecule has 2 atom stereocenters. The van der Waals surface area contributed by atoms with Crippen molar-refractivity contribution in [2.45, 2.75) is 18.4 Å². The van der Waals surface area contributed by atoms with Crippen molar-refractivity contribution in [2.24, 2.45) is 5.73 Å². The second-order valence-electron chi connectivity index (χ2n) is 4.95. The summed E-state index contributed by atoms with van der Waals surface area (Å²) in [5.74, 6) is 1.28. The van der Waals surface area contributed by atoms with E-state index in [1.807, 2.05) is 18.2 Å². The smallest absolute Gasteiger partial charge is 0.122 e. The van der Waals surface area contributed by atoms with E-state index in [4.69, 9.17) is 10.5 Å². The highest BCUT2D eigenvalue weighted by atomic mass is 79.9. The van der Waals surface area contributed by atoms with Gasteiger partial charge in [-0.25, -0.2) is 0 Å². The Morgan fingerprint density at radius 3 is 2.68 bits per heavy atom. The molecule has 0 amide bonds. The summed E-state index contributed by atoms with van der Waals surface area (Å²) < 4.78 is 6.80. The number of hydrogen-bond acceptors (Lipinski definition) is 2. The van der Waals surface area contributed by atoms with Crippen LogP contribution in [0.25, 0.3) is 0 Å². The van der Waals surface area contributed by atoms with Crippen molar-refractivity contribution in [1.82, 2.24) is 0 Å². The fourth-order valence-electron chi connectivity index (χ4n) is 2.58. The van der Waals surface area contributed by atoms with Crippen LogP contribution in [0.5, 0.6) is 5.75 Å². The van der Waals surface area contributed by atoms with Crippen molar-refractivity contribution in [3.63, 3.8) is 0 Å². The Bertz CT molecular complexity index is 567. The van der Waals surface area contributed by atoms with Gasteiger partial charge in [0.1, 0.15) is 5.75 Å². The summed E-state index contributed by atoms with van der Waals surface area (Å²) in [5.41, 5.74) is 8.88. The number of ether oxygens (including phenoxy) is 1. The molecule has 0 saturated carbocycles. The van der Waals surface area contributed by atoms with Gasteiger partial charge in [0.25, 0.3) is 0 Å². The first-order valence-electron chi connectivity index (χ1n) is 6.46. The fraction of sp³-hybridized carbons (Fsp3) is 0.250. The zero-order valence-corrected chi connectivity index (χ0v) is 12.1. The van der Waals surface area contributed by atoms with Gasteiger partial charge in [-0.1, -0.05) is 46.3 Å². The number of benzene rings is 2. The molecule has 2 unspecified atom stereocenters. The normalized spacial score (nSPS) is 18.7. The maximum absolute atomic E-state index is 6.37. The SMILES string of the molecule is NC(Cc1ccc(Br)cc1)C1COc2ccccc21. The molecule has 0 bridgehead atoms. The lowest BCUT2D eigenvalue weighted by atomic mass is 9.90. The summed E-state index contributed by atoms with van der Waals surface area (Å²) in [6.07, 6.45) is 0.871. The molecule has 1 aliphatic heterocycles. The fourth-order valence-corrected chi connectivity index (χ4v) is 2.84. The van der Waals surface area contributed by atoms with Gasteiger partial charge in [0.2, 0.25) is 0 Å². The van der Waals surface area contributed by atoms with E-state index >= 15 is 0 Å². The lowest BCUT2D eigenvalue weighted by molar-refractivity contribution is 0.313. The van der Waals surface area contributed by atoms with E-state index in [-0.39, 0.29) is 6.04 Å². The molecule has 3 heteroatoms. The first-order valence-corrected chi connectivity index (χ1v) is 7.25. The third-order valence-corrected chi connectivity index (χ3v) is 4.17. The van der Waals surface area contributed by atoms with E-state index in [0.29, 0.717) is 12.5 Å². The zero-order valence-electron chi connectivity index (χ0n) is 10.6. The number of halogens is 1. The van der Waals surface area contributed by atoms with Gasteiger partial charge in [-0.3, -0.25) is 0 Å². The highest BCUT2D eigenvalue weighted by Crippen LogP contribution is 2.35. The van der Waals surface area contributed by atoms with Gasteiger partial charge in [0.05, 0.1) is 6.61 Å². The molecular formula is C16H16BrNO. The van der Waals surface area contributed by atoms with Crippen molar-refractivity contribution in [2.75, 3.05) is 6.61 Å². The van der Waals surface area contributed by atoms with Crippen molar-refractivity contribution < 1.29 is 4.74 Å². The number of fused-ring (bicyclic) bond motifs is 1. The van der Waals surface area contributed by atoms with Crippen molar-refractivity contribution >= 4 is 15.9 Å². The third kappa shape index (κ3) is 2.67. The number of nitrogens with two attached hydrogens (primary N) is 1. The van der Waals surface area contributed by atoms with Crippen LogP contribution in [0.4, 0.5) is 0 Å². The molecule has 0 saturated heterocycles. The predicted octanol–water partition coefficient (Wildman–Crippen LogP) is 3.50. The molecule has 3 rings (SSSR count). The van der Waals surface area contributed by atoms with Gasteiger partial charge in [-0.2, -0.15) is 0 Å². The van der Waals surface area contributed by atoms with Crippen LogP contribution in [0.1, 0.15) is 17.0 Å². The summed E-state index contributed by atoms with van der Waals surface area (Å²) >= 11 is 3.45. The molecule has 0 radical (unpaired) electrons. The van der Waals surface area contributed by atoms with E-state index in [9.17, 15) is 0 Å². The molecule has 2 nitrogen and oxygen atoms in total. The number of rotatable bonds is 3. The molecule has 2 aromatic carbocycles. The topological polar surface area (TPSA) is 35.2 Å². The standard InChI is InChI=1S/C16H16BrNO/c17-12-7-5-11(6-8-12)9-15(18)14-10-19-16-4-2-1-3-13(14)16/h1-8,14-15H,9-10,18H2. The van der Waals surface area contributed by atoms with Crippen molar-refractivity contribution in [3.05, 3.63) is 64.1 Å². The Morgan fingerprint density at radius 1 is 1.16 bits per heavy atom. The van der Waals surface area contributed by atoms with Crippen LogP contribution < -0.4 is 10.5 Å². The van der Waals surface area contributed by atoms with E-state index < -0.39 is 0 Å². The average Bonchev–Trinajstić information content (AvgIpc) is 2.85. The Hall–Kier alpha value is -1.32. The van der Waals surface area contributed by atoms with Crippen molar-refractivity contribution in [1.29, 1.82) is 0 Å². The van der Waals surface area contributed by atoms with Crippen LogP contribution in [0.3, 0.4) is 0 Å². The van der Waals surface area contributed by atoms with Gasteiger partial charge >= 0.3 is 0 Å². The summed E-state index contributed by atoms with van der Waals surface area (Å²) in [5, 5.41) is 0. The van der Waals surface area contributed by atoms with Crippen LogP contribution in [0.2, 0.25) is 0 Å². The largest absolute Gasteiger partial charge is 0.493 e. The minimum atomic E-state index is 0.0878. The molecule has 0 spiro atoms. The van der Waals surface area contributed by atoms with Gasteiger partial charge in [-0.05, 0) is 30.2 Å². The van der Waals surface area contributed by atoms with Crippen LogP contribution in [0, 0.1) is 0 Å². The highest BCUT2D eigenvalue weighted by Gasteiger charge is 2.28. The second-order valence-corrected chi connectivity index (χ2v) is 5.87. The minimum Gasteiger partial charge on any atom is -0.493 e. The molecule has 0 fully saturated rings. The molecule has 1 heterocycles. The monoisotopic (exact) mass is 317 g/mol. The van der Waals surface area contributed by atoms with Gasteiger partial charge in [0.15, 0.2) is 0 Å². The van der Waals surface area contributed by atoms with E-state index in [1.165, 1.54) is 11.1 Å². The summed E-state index contributed by atoms with van der Waals surface area (Å²) in [7, 11) is 0. The first-order chi connectivity index (χ1) is 9.24. The van der Waals surface area contributed by atoms with Crippen LogP contribution in [0.15, 0.2) is 53.0 Å². The molecule has 1 aliphatic rings. The lowest BCUT2D eigenvalue weighted by Gasteiger charge is -2.18. The molecule has 19 heavy (non-hydrogen) atoms. The van der Waals surface area contributed by atoms with Crippen LogP contribution in [-0.2, 0) is 6.42 Å². The summed E-state index contributed by atoms with van der Waals surface area (Å²) in [6.45, 7) is 0.692. The second kappa shape index (κ2) is 5.35. The lowest BCUT2D eigenvalue weighted by Crippen LogP contribution is -2.31. The van der Waals surface area contributed by atoms with Gasteiger partial charge in [0, 0.05) is 22.0 Å². The van der Waals surface area contributed by atoms with Crippen molar-refractivity contribution in [3.8, 4) is 5.75 Å². The molecule has 98 valence electrons. The minimum absolute atomic E-state index is 0.0878. The van der Waals surface area contributed by atoms with E-state index in [0.717, 1.165) is 16.6 Å². The maximum atomic E-state index is 6.37. The van der Waals surface area contributed by atoms with Gasteiger partial charge < -0.3 is 10.5 Å². The van der Waals surface area contributed by atoms with E-state index in [2.05, 4.69) is 46.3 Å². The average molecular weight is 318 g/mol. The van der Waals surface area contributed by atoms with Crippen LogP contribution >= 0.6 is 15.9 Å². The highest BCUT2D eigenvalue weighted by molar-refractivity contribution is 9.10. The summed E-state index contributed by atoms with van der Waals surface area (Å²) in [4.78, 5) is 0. The first kappa shape index (κ1) is 12.7. The molecule has 2 aromatic rings. The van der Waals surface area contributed by atoms with Crippen LogP contribution in [-0.4, -0.2) is 12.6 Å². The Balaban J connectivity index is 1.75. The zero-order chi connectivity index (χ0) is 13.2. The molecule has 0 aromatic heterocycles. The molecule has 2 N–H and O–H groups in total. The Labute approximate surface area is 121 Å². The maximum Gasteiger partial charge on any atom is 0.122 e. The Morgan fingerprint density at radius 2 is 1.89 bits per heavy atom. The number of para-hydroxylation sites is 1. The predicted molar refractivity (Wildman–Crippen MR) is 80.5 cm³/mol. The quantitative estimate of drug-likeness (QED) is 0.940. The third-order valence-electron chi connectivity index (χ3n) is 3.64. The number of hydrogen-bond donors (Lipinski definition) is 1. The summed E-state index contributed by atoms with van der Waals surface area (Å²) in [6, 6.07) is 16.6. The Kier molecular flexibility index (Phi) is 3.58.